The summed E-state index contributed by atoms with van der Waals surface area (Å²) >= 11 is 2.24. The van der Waals surface area contributed by atoms with Gasteiger partial charge in [0.2, 0.25) is 5.91 Å². The van der Waals surface area contributed by atoms with Crippen LogP contribution in [0.2, 0.25) is 0 Å². The maximum Gasteiger partial charge on any atom is 0.241 e. The van der Waals surface area contributed by atoms with E-state index in [2.05, 4.69) is 39.7 Å². The molecule has 1 aromatic carbocycles. The molecule has 5 heteroatoms. The number of rotatable bonds is 4. The minimum Gasteiger partial charge on any atom is -0.330 e. The molecule has 1 aliphatic heterocycles. The number of amides is 1. The largest absolute Gasteiger partial charge is 0.330 e. The van der Waals surface area contributed by atoms with Gasteiger partial charge in [-0.15, -0.1) is 0 Å². The Labute approximate surface area is 134 Å². The first-order valence-corrected chi connectivity index (χ1v) is 8.02. The Kier molecular flexibility index (Phi) is 5.04. The fourth-order valence-electron chi connectivity index (χ4n) is 2.54. The van der Waals surface area contributed by atoms with E-state index in [9.17, 15) is 4.79 Å². The number of hydrogen-bond donors (Lipinski definition) is 2. The standard InChI is InChI=1S/C15H22IN3O/c1-11(19-7-6-15(2,9-17)10-19)14(20)18-13-5-3-4-12(16)8-13/h3-5,8,11H,6-7,9-10,17H2,1-2H3,(H,18,20). The summed E-state index contributed by atoms with van der Waals surface area (Å²) in [4.78, 5) is 14.5. The number of carbonyl (C=O) groups is 1. The van der Waals surface area contributed by atoms with Crippen molar-refractivity contribution in [2.24, 2.45) is 11.1 Å². The summed E-state index contributed by atoms with van der Waals surface area (Å²) in [7, 11) is 0. The summed E-state index contributed by atoms with van der Waals surface area (Å²) < 4.78 is 1.12. The van der Waals surface area contributed by atoms with Crippen molar-refractivity contribution in [2.45, 2.75) is 26.3 Å². The van der Waals surface area contributed by atoms with Gasteiger partial charge in [-0.3, -0.25) is 9.69 Å². The van der Waals surface area contributed by atoms with Crippen molar-refractivity contribution in [3.05, 3.63) is 27.8 Å². The summed E-state index contributed by atoms with van der Waals surface area (Å²) in [6.45, 7) is 6.66. The van der Waals surface area contributed by atoms with Gasteiger partial charge in [-0.1, -0.05) is 13.0 Å². The van der Waals surface area contributed by atoms with Crippen LogP contribution in [0.4, 0.5) is 5.69 Å². The zero-order valence-electron chi connectivity index (χ0n) is 12.0. The van der Waals surface area contributed by atoms with Gasteiger partial charge in [0.25, 0.3) is 0 Å². The molecule has 2 rings (SSSR count). The summed E-state index contributed by atoms with van der Waals surface area (Å²) in [6.07, 6.45) is 1.06. The number of anilines is 1. The molecule has 0 saturated carbocycles. The number of hydrogen-bond acceptors (Lipinski definition) is 3. The molecule has 110 valence electrons. The second kappa shape index (κ2) is 6.41. The zero-order valence-corrected chi connectivity index (χ0v) is 14.2. The Balaban J connectivity index is 1.96. The van der Waals surface area contributed by atoms with Crippen molar-refractivity contribution in [2.75, 3.05) is 25.0 Å². The highest BCUT2D eigenvalue weighted by Gasteiger charge is 2.36. The summed E-state index contributed by atoms with van der Waals surface area (Å²) in [6, 6.07) is 7.72. The summed E-state index contributed by atoms with van der Waals surface area (Å²) in [5, 5.41) is 2.99. The van der Waals surface area contributed by atoms with Crippen LogP contribution in [0.1, 0.15) is 20.3 Å². The monoisotopic (exact) mass is 387 g/mol. The smallest absolute Gasteiger partial charge is 0.241 e. The molecular weight excluding hydrogens is 365 g/mol. The highest BCUT2D eigenvalue weighted by atomic mass is 127. The van der Waals surface area contributed by atoms with Gasteiger partial charge in [-0.25, -0.2) is 0 Å². The van der Waals surface area contributed by atoms with E-state index in [1.54, 1.807) is 0 Å². The number of nitrogens with two attached hydrogens (primary N) is 1. The third kappa shape index (κ3) is 3.71. The third-order valence-electron chi connectivity index (χ3n) is 4.10. The predicted molar refractivity (Wildman–Crippen MR) is 90.6 cm³/mol. The van der Waals surface area contributed by atoms with E-state index in [1.165, 1.54) is 0 Å². The van der Waals surface area contributed by atoms with Gasteiger partial charge in [0.05, 0.1) is 6.04 Å². The van der Waals surface area contributed by atoms with E-state index >= 15 is 0 Å². The number of benzene rings is 1. The maximum absolute atomic E-state index is 12.3. The molecule has 2 unspecified atom stereocenters. The molecule has 0 aliphatic carbocycles. The average molecular weight is 387 g/mol. The van der Waals surface area contributed by atoms with E-state index in [4.69, 9.17) is 5.73 Å². The molecule has 4 nitrogen and oxygen atoms in total. The molecule has 0 bridgehead atoms. The molecule has 2 atom stereocenters. The van der Waals surface area contributed by atoms with E-state index in [0.717, 1.165) is 28.8 Å². The number of nitrogens with one attached hydrogen (secondary N) is 1. The fourth-order valence-corrected chi connectivity index (χ4v) is 3.08. The minimum absolute atomic E-state index is 0.0493. The summed E-state index contributed by atoms with van der Waals surface area (Å²) in [5.41, 5.74) is 6.82. The number of nitrogens with zero attached hydrogens (tertiary/aromatic N) is 1. The van der Waals surface area contributed by atoms with E-state index < -0.39 is 0 Å². The Morgan fingerprint density at radius 1 is 1.60 bits per heavy atom. The fraction of sp³-hybridized carbons (Fsp3) is 0.533. The Hall–Kier alpha value is -0.660. The lowest BCUT2D eigenvalue weighted by molar-refractivity contribution is -0.120. The molecular formula is C15H22IN3O. The molecule has 3 N–H and O–H groups in total. The molecule has 0 aromatic heterocycles. The van der Waals surface area contributed by atoms with Crippen LogP contribution in [0, 0.1) is 8.99 Å². The van der Waals surface area contributed by atoms with Crippen LogP contribution < -0.4 is 11.1 Å². The SMILES string of the molecule is CC(C(=O)Nc1cccc(I)c1)N1CCC(C)(CN)C1. The lowest BCUT2D eigenvalue weighted by Gasteiger charge is -2.26. The Morgan fingerprint density at radius 3 is 2.95 bits per heavy atom. The van der Waals surface area contributed by atoms with E-state index in [1.807, 2.05) is 31.2 Å². The molecule has 0 radical (unpaired) electrons. The van der Waals surface area contributed by atoms with Crippen LogP contribution >= 0.6 is 22.6 Å². The van der Waals surface area contributed by atoms with E-state index in [-0.39, 0.29) is 17.4 Å². The Bertz CT molecular complexity index is 494. The quantitative estimate of drug-likeness (QED) is 0.780. The van der Waals surface area contributed by atoms with Crippen molar-refractivity contribution in [1.82, 2.24) is 4.90 Å². The number of halogens is 1. The lowest BCUT2D eigenvalue weighted by Crippen LogP contribution is -2.42. The normalized spacial score (nSPS) is 24.6. The second-order valence-corrected chi connectivity index (χ2v) is 7.16. The van der Waals surface area contributed by atoms with Gasteiger partial charge in [0, 0.05) is 15.8 Å². The first kappa shape index (κ1) is 15.7. The Morgan fingerprint density at radius 2 is 2.35 bits per heavy atom. The van der Waals surface area contributed by atoms with Crippen LogP contribution in [0.15, 0.2) is 24.3 Å². The highest BCUT2D eigenvalue weighted by Crippen LogP contribution is 2.30. The van der Waals surface area contributed by atoms with Gasteiger partial charge in [0.1, 0.15) is 0 Å². The van der Waals surface area contributed by atoms with Crippen LogP contribution in [0.25, 0.3) is 0 Å². The van der Waals surface area contributed by atoms with Gasteiger partial charge < -0.3 is 11.1 Å². The van der Waals surface area contributed by atoms with Crippen LogP contribution in [-0.4, -0.2) is 36.5 Å². The molecule has 1 aromatic rings. The van der Waals surface area contributed by atoms with Crippen molar-refractivity contribution in [1.29, 1.82) is 0 Å². The zero-order chi connectivity index (χ0) is 14.8. The molecule has 1 amide bonds. The van der Waals surface area contributed by atoms with Crippen molar-refractivity contribution < 1.29 is 4.79 Å². The number of likely N-dealkylation sites (tertiary alicyclic amines) is 1. The molecule has 1 aliphatic rings. The topological polar surface area (TPSA) is 58.4 Å². The lowest BCUT2D eigenvalue weighted by atomic mass is 9.90. The second-order valence-electron chi connectivity index (χ2n) is 5.91. The van der Waals surface area contributed by atoms with Crippen molar-refractivity contribution in [3.63, 3.8) is 0 Å². The van der Waals surface area contributed by atoms with Gasteiger partial charge in [0.15, 0.2) is 0 Å². The molecule has 1 saturated heterocycles. The summed E-state index contributed by atoms with van der Waals surface area (Å²) in [5.74, 6) is 0.0493. The molecule has 1 heterocycles. The first-order chi connectivity index (χ1) is 9.43. The van der Waals surface area contributed by atoms with Crippen LogP contribution in [0.3, 0.4) is 0 Å². The van der Waals surface area contributed by atoms with Gasteiger partial charge in [-0.05, 0) is 72.6 Å². The van der Waals surface area contributed by atoms with Crippen LogP contribution in [-0.2, 0) is 4.79 Å². The molecule has 1 fully saturated rings. The number of carbonyl (C=O) groups excluding carboxylic acids is 1. The molecule has 20 heavy (non-hydrogen) atoms. The van der Waals surface area contributed by atoms with Crippen molar-refractivity contribution in [3.8, 4) is 0 Å². The minimum atomic E-state index is -0.124. The molecule has 0 spiro atoms. The maximum atomic E-state index is 12.3. The average Bonchev–Trinajstić information content (AvgIpc) is 2.81. The third-order valence-corrected chi connectivity index (χ3v) is 4.77. The van der Waals surface area contributed by atoms with Crippen molar-refractivity contribution >= 4 is 34.2 Å². The first-order valence-electron chi connectivity index (χ1n) is 6.94. The highest BCUT2D eigenvalue weighted by molar-refractivity contribution is 14.1. The van der Waals surface area contributed by atoms with E-state index in [0.29, 0.717) is 6.54 Å². The van der Waals surface area contributed by atoms with Gasteiger partial charge >= 0.3 is 0 Å². The predicted octanol–water partition coefficient (Wildman–Crippen LogP) is 2.29. The van der Waals surface area contributed by atoms with Gasteiger partial charge in [-0.2, -0.15) is 0 Å². The van der Waals surface area contributed by atoms with Crippen LogP contribution in [0.5, 0.6) is 0 Å².